The van der Waals surface area contributed by atoms with E-state index in [1.54, 1.807) is 0 Å². The molecule has 2 aliphatic rings. The van der Waals surface area contributed by atoms with Crippen molar-refractivity contribution in [1.29, 1.82) is 0 Å². The standard InChI is InChI=1S/C17H28BrN3/c1-5-21-15(16(18)12(4)20-21)9-17(10-19-11(2)3)7-13-6-14(13)8-17/h11,13-14,19H,5-10H2,1-4H3. The molecule has 0 bridgehead atoms. The largest absolute Gasteiger partial charge is 0.314 e. The number of hydrogen-bond donors (Lipinski definition) is 1. The maximum absolute atomic E-state index is 4.68. The Morgan fingerprint density at radius 1 is 1.38 bits per heavy atom. The third-order valence-corrected chi connectivity index (χ3v) is 6.37. The van der Waals surface area contributed by atoms with Crippen LogP contribution in [-0.2, 0) is 13.0 Å². The first-order valence-electron chi connectivity index (χ1n) is 8.39. The van der Waals surface area contributed by atoms with Crippen LogP contribution in [-0.4, -0.2) is 22.4 Å². The van der Waals surface area contributed by atoms with E-state index in [9.17, 15) is 0 Å². The van der Waals surface area contributed by atoms with Crippen molar-refractivity contribution in [3.05, 3.63) is 15.9 Å². The van der Waals surface area contributed by atoms with Gasteiger partial charge in [-0.05, 0) is 72.7 Å². The van der Waals surface area contributed by atoms with Crippen molar-refractivity contribution in [2.75, 3.05) is 6.54 Å². The molecule has 2 saturated carbocycles. The summed E-state index contributed by atoms with van der Waals surface area (Å²) in [6.07, 6.45) is 5.45. The van der Waals surface area contributed by atoms with Crippen LogP contribution in [0, 0.1) is 24.2 Å². The van der Waals surface area contributed by atoms with Gasteiger partial charge in [0, 0.05) is 19.1 Å². The Hall–Kier alpha value is -0.350. The zero-order chi connectivity index (χ0) is 15.2. The highest BCUT2D eigenvalue weighted by molar-refractivity contribution is 9.10. The summed E-state index contributed by atoms with van der Waals surface area (Å²) in [5.74, 6) is 2.02. The maximum Gasteiger partial charge on any atom is 0.0738 e. The van der Waals surface area contributed by atoms with Crippen molar-refractivity contribution in [2.45, 2.75) is 66.0 Å². The number of nitrogens with zero attached hydrogens (tertiary/aromatic N) is 2. The minimum Gasteiger partial charge on any atom is -0.314 e. The molecule has 1 aromatic heterocycles. The molecular weight excluding hydrogens is 326 g/mol. The highest BCUT2D eigenvalue weighted by Gasteiger charge is 2.53. The third-order valence-electron chi connectivity index (χ3n) is 5.34. The Balaban J connectivity index is 1.81. The molecule has 0 aromatic carbocycles. The fourth-order valence-corrected chi connectivity index (χ4v) is 4.60. The lowest BCUT2D eigenvalue weighted by Crippen LogP contribution is -2.38. The zero-order valence-corrected chi connectivity index (χ0v) is 15.3. The van der Waals surface area contributed by atoms with E-state index in [-0.39, 0.29) is 0 Å². The molecule has 1 heterocycles. The van der Waals surface area contributed by atoms with E-state index in [1.165, 1.54) is 29.4 Å². The Morgan fingerprint density at radius 2 is 2.05 bits per heavy atom. The molecule has 1 aromatic rings. The van der Waals surface area contributed by atoms with Crippen molar-refractivity contribution in [1.82, 2.24) is 15.1 Å². The molecule has 0 amide bonds. The maximum atomic E-state index is 4.68. The zero-order valence-electron chi connectivity index (χ0n) is 13.7. The number of aromatic nitrogens is 2. The topological polar surface area (TPSA) is 29.9 Å². The molecule has 4 heteroatoms. The van der Waals surface area contributed by atoms with Gasteiger partial charge < -0.3 is 5.32 Å². The minimum absolute atomic E-state index is 0.444. The predicted molar refractivity (Wildman–Crippen MR) is 90.4 cm³/mol. The average molecular weight is 354 g/mol. The van der Waals surface area contributed by atoms with Crippen molar-refractivity contribution in [2.24, 2.45) is 17.3 Å². The molecule has 1 N–H and O–H groups in total. The molecule has 118 valence electrons. The van der Waals surface area contributed by atoms with Crippen molar-refractivity contribution < 1.29 is 0 Å². The Kier molecular flexibility index (Phi) is 4.21. The van der Waals surface area contributed by atoms with Crippen LogP contribution in [0.4, 0.5) is 0 Å². The molecular formula is C17H28BrN3. The van der Waals surface area contributed by atoms with Gasteiger partial charge in [-0.15, -0.1) is 0 Å². The summed E-state index contributed by atoms with van der Waals surface area (Å²) < 4.78 is 3.43. The molecule has 2 aliphatic carbocycles. The predicted octanol–water partition coefficient (Wildman–Crippen LogP) is 3.93. The normalized spacial score (nSPS) is 31.0. The van der Waals surface area contributed by atoms with E-state index < -0.39 is 0 Å². The number of fused-ring (bicyclic) bond motifs is 1. The van der Waals surface area contributed by atoms with Gasteiger partial charge >= 0.3 is 0 Å². The van der Waals surface area contributed by atoms with E-state index in [0.29, 0.717) is 11.5 Å². The smallest absolute Gasteiger partial charge is 0.0738 e. The third kappa shape index (κ3) is 3.07. The summed E-state index contributed by atoms with van der Waals surface area (Å²) in [4.78, 5) is 0. The number of nitrogens with one attached hydrogen (secondary N) is 1. The summed E-state index contributed by atoms with van der Waals surface area (Å²) in [7, 11) is 0. The van der Waals surface area contributed by atoms with Crippen LogP contribution in [0.1, 0.15) is 51.4 Å². The van der Waals surface area contributed by atoms with Gasteiger partial charge in [-0.3, -0.25) is 4.68 Å². The summed E-state index contributed by atoms with van der Waals surface area (Å²) in [6.45, 7) is 10.9. The summed E-state index contributed by atoms with van der Waals surface area (Å²) in [5.41, 5.74) is 2.98. The fraction of sp³-hybridized carbons (Fsp3) is 0.824. The Morgan fingerprint density at radius 3 is 2.62 bits per heavy atom. The van der Waals surface area contributed by atoms with E-state index in [2.05, 4.69) is 58.7 Å². The first-order valence-corrected chi connectivity index (χ1v) is 9.18. The van der Waals surface area contributed by atoms with Gasteiger partial charge in [0.15, 0.2) is 0 Å². The summed E-state index contributed by atoms with van der Waals surface area (Å²) >= 11 is 3.78. The van der Waals surface area contributed by atoms with Gasteiger partial charge in [-0.2, -0.15) is 5.10 Å². The first kappa shape index (κ1) is 15.5. The molecule has 21 heavy (non-hydrogen) atoms. The fourth-order valence-electron chi connectivity index (χ4n) is 4.17. The van der Waals surface area contributed by atoms with Crippen LogP contribution in [0.25, 0.3) is 0 Å². The number of rotatable bonds is 6. The molecule has 3 nitrogen and oxygen atoms in total. The molecule has 2 atom stereocenters. The molecule has 2 fully saturated rings. The average Bonchev–Trinajstić information content (AvgIpc) is 2.97. The van der Waals surface area contributed by atoms with E-state index in [0.717, 1.165) is 37.0 Å². The Bertz CT molecular complexity index is 510. The monoisotopic (exact) mass is 353 g/mol. The van der Waals surface area contributed by atoms with Gasteiger partial charge in [0.05, 0.1) is 15.9 Å². The molecule has 0 radical (unpaired) electrons. The lowest BCUT2D eigenvalue weighted by Gasteiger charge is -2.32. The number of halogens is 1. The number of aryl methyl sites for hydroxylation is 2. The second-order valence-electron chi connectivity index (χ2n) is 7.54. The highest BCUT2D eigenvalue weighted by atomic mass is 79.9. The SMILES string of the molecule is CCn1nc(C)c(Br)c1CC1(CNC(C)C)CC2CC2C1. The van der Waals surface area contributed by atoms with Gasteiger partial charge in [-0.1, -0.05) is 13.8 Å². The summed E-state index contributed by atoms with van der Waals surface area (Å²) in [5, 5.41) is 8.39. The van der Waals surface area contributed by atoms with Crippen LogP contribution in [0.3, 0.4) is 0 Å². The van der Waals surface area contributed by atoms with E-state index >= 15 is 0 Å². The van der Waals surface area contributed by atoms with Gasteiger partial charge in [0.1, 0.15) is 0 Å². The quantitative estimate of drug-likeness (QED) is 0.839. The van der Waals surface area contributed by atoms with Crippen molar-refractivity contribution >= 4 is 15.9 Å². The van der Waals surface area contributed by atoms with Crippen molar-refractivity contribution in [3.63, 3.8) is 0 Å². The van der Waals surface area contributed by atoms with Crippen LogP contribution < -0.4 is 5.32 Å². The Labute approximate surface area is 137 Å². The van der Waals surface area contributed by atoms with Crippen molar-refractivity contribution in [3.8, 4) is 0 Å². The minimum atomic E-state index is 0.444. The highest BCUT2D eigenvalue weighted by Crippen LogP contribution is 2.60. The van der Waals surface area contributed by atoms with E-state index in [4.69, 9.17) is 0 Å². The number of hydrogen-bond acceptors (Lipinski definition) is 2. The van der Waals surface area contributed by atoms with Gasteiger partial charge in [-0.25, -0.2) is 0 Å². The lowest BCUT2D eigenvalue weighted by molar-refractivity contribution is 0.235. The molecule has 0 saturated heterocycles. The van der Waals surface area contributed by atoms with Crippen LogP contribution in [0.5, 0.6) is 0 Å². The lowest BCUT2D eigenvalue weighted by atomic mass is 9.78. The second kappa shape index (κ2) is 5.69. The van der Waals surface area contributed by atoms with Crippen LogP contribution >= 0.6 is 15.9 Å². The molecule has 3 rings (SSSR count). The first-order chi connectivity index (χ1) is 9.94. The second-order valence-corrected chi connectivity index (χ2v) is 8.33. The van der Waals surface area contributed by atoms with Crippen LogP contribution in [0.2, 0.25) is 0 Å². The van der Waals surface area contributed by atoms with Gasteiger partial charge in [0.25, 0.3) is 0 Å². The van der Waals surface area contributed by atoms with E-state index in [1.807, 2.05) is 0 Å². The summed E-state index contributed by atoms with van der Waals surface area (Å²) in [6, 6.07) is 0.570. The van der Waals surface area contributed by atoms with Gasteiger partial charge in [0.2, 0.25) is 0 Å². The molecule has 0 aliphatic heterocycles. The molecule has 0 spiro atoms. The van der Waals surface area contributed by atoms with Crippen LogP contribution in [0.15, 0.2) is 4.47 Å². The molecule has 2 unspecified atom stereocenters.